The van der Waals surface area contributed by atoms with Crippen LogP contribution in [0.15, 0.2) is 60.8 Å². The molecule has 1 aromatic heterocycles. The minimum absolute atomic E-state index is 0.0368. The first kappa shape index (κ1) is 31.3. The number of aromatic amines is 1. The molecule has 0 saturated heterocycles. The van der Waals surface area contributed by atoms with Gasteiger partial charge in [-0.15, -0.1) is 0 Å². The number of amides is 5. The standard InChI is InChI=1S/C28H33N7O7/c29-18(12-23(30)36)25(38)33-20(10-15-6-2-1-3-7-15)26(39)34-21(13-24(31)37)27(40)35-22(28(41)42)11-16-14-32-19-9-5-4-8-17(16)19/h1-9,14,18,20-22,32H,10-13,29H2,(H2,30,36)(H2,31,37)(H,33,38)(H,34,39)(H,35,40)(H,41,42). The molecule has 0 radical (unpaired) electrons. The Labute approximate surface area is 240 Å². The van der Waals surface area contributed by atoms with E-state index in [4.69, 9.17) is 17.2 Å². The third kappa shape index (κ3) is 8.89. The molecule has 0 aliphatic rings. The molecule has 5 amide bonds. The summed E-state index contributed by atoms with van der Waals surface area (Å²) in [5.74, 6) is -5.78. The molecule has 0 fully saturated rings. The van der Waals surface area contributed by atoms with Crippen LogP contribution in [-0.4, -0.2) is 69.8 Å². The molecular formula is C28H33N7O7. The molecule has 11 N–H and O–H groups in total. The zero-order valence-corrected chi connectivity index (χ0v) is 22.5. The van der Waals surface area contributed by atoms with Crippen LogP contribution >= 0.6 is 0 Å². The SMILES string of the molecule is NC(=O)CC(N)C(=O)NC(Cc1ccccc1)C(=O)NC(CC(N)=O)C(=O)NC(Cc1c[nH]c2ccccc12)C(=O)O. The molecule has 0 aliphatic carbocycles. The lowest BCUT2D eigenvalue weighted by Gasteiger charge is -2.25. The Bertz CT molecular complexity index is 1460. The number of rotatable bonds is 15. The molecule has 42 heavy (non-hydrogen) atoms. The molecule has 0 bridgehead atoms. The van der Waals surface area contributed by atoms with Crippen molar-refractivity contribution in [3.8, 4) is 0 Å². The van der Waals surface area contributed by atoms with Crippen molar-refractivity contribution >= 4 is 46.4 Å². The third-order valence-corrected chi connectivity index (χ3v) is 6.43. The summed E-state index contributed by atoms with van der Waals surface area (Å²) in [4.78, 5) is 77.2. The van der Waals surface area contributed by atoms with Crippen LogP contribution in [0, 0.1) is 0 Å². The molecule has 3 aromatic rings. The van der Waals surface area contributed by atoms with E-state index in [-0.39, 0.29) is 12.8 Å². The fraction of sp³-hybridized carbons (Fsp3) is 0.286. The fourth-order valence-corrected chi connectivity index (χ4v) is 4.32. The number of para-hydroxylation sites is 1. The van der Waals surface area contributed by atoms with Gasteiger partial charge in [-0.25, -0.2) is 4.79 Å². The number of nitrogens with one attached hydrogen (secondary N) is 4. The number of hydrogen-bond acceptors (Lipinski definition) is 7. The second kappa shape index (κ2) is 14.4. The van der Waals surface area contributed by atoms with Gasteiger partial charge >= 0.3 is 5.97 Å². The summed E-state index contributed by atoms with van der Waals surface area (Å²) in [6, 6.07) is 10.2. The highest BCUT2D eigenvalue weighted by atomic mass is 16.4. The van der Waals surface area contributed by atoms with Gasteiger partial charge in [0, 0.05) is 29.9 Å². The molecule has 1 heterocycles. The number of H-pyrrole nitrogens is 1. The number of carbonyl (C=O) groups excluding carboxylic acids is 5. The minimum Gasteiger partial charge on any atom is -0.480 e. The van der Waals surface area contributed by atoms with Crippen molar-refractivity contribution in [2.45, 2.75) is 49.9 Å². The first-order valence-electron chi connectivity index (χ1n) is 13.0. The van der Waals surface area contributed by atoms with E-state index >= 15 is 0 Å². The van der Waals surface area contributed by atoms with Crippen molar-refractivity contribution in [3.63, 3.8) is 0 Å². The van der Waals surface area contributed by atoms with Crippen molar-refractivity contribution in [1.82, 2.24) is 20.9 Å². The smallest absolute Gasteiger partial charge is 0.326 e. The fourth-order valence-electron chi connectivity index (χ4n) is 4.32. The Hall–Kier alpha value is -5.24. The molecule has 222 valence electrons. The monoisotopic (exact) mass is 579 g/mol. The van der Waals surface area contributed by atoms with Gasteiger partial charge in [0.05, 0.1) is 18.9 Å². The zero-order chi connectivity index (χ0) is 30.8. The number of carboxylic acids is 1. The average molecular weight is 580 g/mol. The topological polar surface area (TPSA) is 253 Å². The maximum Gasteiger partial charge on any atom is 0.326 e. The lowest BCUT2D eigenvalue weighted by Crippen LogP contribution is -2.58. The van der Waals surface area contributed by atoms with Crippen LogP contribution in [0.2, 0.25) is 0 Å². The molecule has 4 unspecified atom stereocenters. The highest BCUT2D eigenvalue weighted by molar-refractivity contribution is 5.97. The van der Waals surface area contributed by atoms with E-state index in [1.807, 2.05) is 12.1 Å². The van der Waals surface area contributed by atoms with E-state index < -0.39 is 72.5 Å². The van der Waals surface area contributed by atoms with Crippen LogP contribution in [0.4, 0.5) is 0 Å². The summed E-state index contributed by atoms with van der Waals surface area (Å²) in [6.07, 6.45) is 0.391. The van der Waals surface area contributed by atoms with E-state index in [0.717, 1.165) is 10.9 Å². The van der Waals surface area contributed by atoms with Crippen LogP contribution < -0.4 is 33.2 Å². The molecule has 0 aliphatic heterocycles. The summed E-state index contributed by atoms with van der Waals surface area (Å²) >= 11 is 0. The van der Waals surface area contributed by atoms with Crippen LogP contribution in [0.5, 0.6) is 0 Å². The lowest BCUT2D eigenvalue weighted by molar-refractivity contribution is -0.142. The Morgan fingerprint density at radius 3 is 1.93 bits per heavy atom. The lowest BCUT2D eigenvalue weighted by atomic mass is 10.0. The second-order valence-electron chi connectivity index (χ2n) is 9.72. The van der Waals surface area contributed by atoms with Crippen molar-refractivity contribution < 1.29 is 33.9 Å². The quantitative estimate of drug-likeness (QED) is 0.106. The van der Waals surface area contributed by atoms with Gasteiger partial charge in [0.1, 0.15) is 18.1 Å². The summed E-state index contributed by atoms with van der Waals surface area (Å²) in [5.41, 5.74) is 18.2. The number of hydrogen-bond donors (Lipinski definition) is 8. The number of primary amides is 2. The molecule has 14 nitrogen and oxygen atoms in total. The van der Waals surface area contributed by atoms with Gasteiger partial charge in [0.25, 0.3) is 0 Å². The Morgan fingerprint density at radius 1 is 0.714 bits per heavy atom. The Kier molecular flexibility index (Phi) is 10.7. The van der Waals surface area contributed by atoms with E-state index in [1.165, 1.54) is 0 Å². The van der Waals surface area contributed by atoms with Gasteiger partial charge in [-0.05, 0) is 17.2 Å². The van der Waals surface area contributed by atoms with E-state index in [9.17, 15) is 33.9 Å². The largest absolute Gasteiger partial charge is 0.480 e. The molecule has 0 saturated carbocycles. The number of carbonyl (C=O) groups is 6. The maximum absolute atomic E-state index is 13.3. The van der Waals surface area contributed by atoms with Crippen LogP contribution in [0.25, 0.3) is 10.9 Å². The van der Waals surface area contributed by atoms with Crippen LogP contribution in [-0.2, 0) is 41.6 Å². The number of aromatic nitrogens is 1. The highest BCUT2D eigenvalue weighted by Crippen LogP contribution is 2.19. The van der Waals surface area contributed by atoms with E-state index in [1.54, 1.807) is 48.7 Å². The number of carboxylic acid groups (broad SMARTS) is 1. The van der Waals surface area contributed by atoms with E-state index in [0.29, 0.717) is 11.1 Å². The molecule has 0 spiro atoms. The van der Waals surface area contributed by atoms with Crippen molar-refractivity contribution in [2.75, 3.05) is 0 Å². The summed E-state index contributed by atoms with van der Waals surface area (Å²) in [5, 5.41) is 17.8. The molecule has 3 rings (SSSR count). The molecular weight excluding hydrogens is 546 g/mol. The second-order valence-corrected chi connectivity index (χ2v) is 9.72. The van der Waals surface area contributed by atoms with Gasteiger partial charge in [-0.2, -0.15) is 0 Å². The number of aliphatic carboxylic acids is 1. The van der Waals surface area contributed by atoms with Crippen LogP contribution in [0.3, 0.4) is 0 Å². The average Bonchev–Trinajstić information content (AvgIpc) is 3.34. The maximum atomic E-state index is 13.3. The van der Waals surface area contributed by atoms with Gasteiger partial charge in [-0.1, -0.05) is 48.5 Å². The summed E-state index contributed by atoms with van der Waals surface area (Å²) < 4.78 is 0. The first-order valence-corrected chi connectivity index (χ1v) is 13.0. The molecule has 14 heteroatoms. The minimum atomic E-state index is -1.56. The van der Waals surface area contributed by atoms with Gasteiger partial charge in [-0.3, -0.25) is 24.0 Å². The van der Waals surface area contributed by atoms with Crippen molar-refractivity contribution in [2.24, 2.45) is 17.2 Å². The predicted octanol–water partition coefficient (Wildman–Crippen LogP) is -1.43. The zero-order valence-electron chi connectivity index (χ0n) is 22.5. The summed E-state index contributed by atoms with van der Waals surface area (Å²) in [6.45, 7) is 0. The van der Waals surface area contributed by atoms with Gasteiger partial charge < -0.3 is 43.2 Å². The molecule has 2 aromatic carbocycles. The third-order valence-electron chi connectivity index (χ3n) is 6.43. The van der Waals surface area contributed by atoms with E-state index in [2.05, 4.69) is 20.9 Å². The number of benzene rings is 2. The predicted molar refractivity (Wildman–Crippen MR) is 151 cm³/mol. The highest BCUT2D eigenvalue weighted by Gasteiger charge is 2.32. The van der Waals surface area contributed by atoms with Crippen molar-refractivity contribution in [1.29, 1.82) is 0 Å². The number of fused-ring (bicyclic) bond motifs is 1. The number of nitrogens with two attached hydrogens (primary N) is 3. The van der Waals surface area contributed by atoms with Gasteiger partial charge in [0.15, 0.2) is 0 Å². The molecule has 4 atom stereocenters. The first-order chi connectivity index (χ1) is 19.9. The van der Waals surface area contributed by atoms with Crippen molar-refractivity contribution in [3.05, 3.63) is 71.9 Å². The Morgan fingerprint density at radius 2 is 1.29 bits per heavy atom. The summed E-state index contributed by atoms with van der Waals surface area (Å²) in [7, 11) is 0. The van der Waals surface area contributed by atoms with Gasteiger partial charge in [0.2, 0.25) is 29.5 Å². The van der Waals surface area contributed by atoms with Crippen LogP contribution in [0.1, 0.15) is 24.0 Å². The Balaban J connectivity index is 1.78. The normalized spacial score (nSPS) is 13.7.